The van der Waals surface area contributed by atoms with Gasteiger partial charge in [-0.1, -0.05) is 29.3 Å². The highest BCUT2D eigenvalue weighted by Gasteiger charge is 2.28. The number of nitrogens with one attached hydrogen (secondary N) is 1. The van der Waals surface area contributed by atoms with Crippen LogP contribution in [0, 0.1) is 13.8 Å². The molecule has 0 bridgehead atoms. The van der Waals surface area contributed by atoms with Gasteiger partial charge in [-0.25, -0.2) is 4.79 Å². The second kappa shape index (κ2) is 8.93. The first kappa shape index (κ1) is 20.0. The molecule has 1 aromatic carbocycles. The number of amides is 1. The number of aryl methyl sites for hydroxylation is 3. The number of ether oxygens (including phenoxy) is 1. The van der Waals surface area contributed by atoms with Crippen LogP contribution >= 0.6 is 23.1 Å². The van der Waals surface area contributed by atoms with E-state index in [1.165, 1.54) is 32.9 Å². The monoisotopic (exact) mass is 403 g/mol. The molecule has 1 N–H and O–H groups in total. The summed E-state index contributed by atoms with van der Waals surface area (Å²) < 4.78 is 5.21. The molecule has 6 heteroatoms. The van der Waals surface area contributed by atoms with Gasteiger partial charge in [0.15, 0.2) is 0 Å². The molecule has 4 nitrogen and oxygen atoms in total. The molecule has 0 saturated heterocycles. The lowest BCUT2D eigenvalue weighted by Crippen LogP contribution is -2.16. The molecule has 0 saturated carbocycles. The number of carbonyl (C=O) groups excluding carboxylic acids is 2. The summed E-state index contributed by atoms with van der Waals surface area (Å²) in [5.74, 6) is 0.754. The lowest BCUT2D eigenvalue weighted by atomic mass is 10.1. The van der Waals surface area contributed by atoms with Crippen LogP contribution in [0.25, 0.3) is 0 Å². The predicted octanol–water partition coefficient (Wildman–Crippen LogP) is 4.90. The maximum absolute atomic E-state index is 12.4. The third-order valence-corrected chi connectivity index (χ3v) is 6.65. The van der Waals surface area contributed by atoms with Gasteiger partial charge in [0, 0.05) is 10.6 Å². The molecule has 1 aliphatic rings. The van der Waals surface area contributed by atoms with Crippen molar-refractivity contribution >= 4 is 40.0 Å². The van der Waals surface area contributed by atoms with Crippen molar-refractivity contribution in [2.24, 2.45) is 0 Å². The van der Waals surface area contributed by atoms with Crippen molar-refractivity contribution in [3.63, 3.8) is 0 Å². The van der Waals surface area contributed by atoms with Crippen molar-refractivity contribution in [2.75, 3.05) is 17.7 Å². The van der Waals surface area contributed by atoms with Crippen LogP contribution in [0.1, 0.15) is 50.8 Å². The van der Waals surface area contributed by atoms with E-state index in [-0.39, 0.29) is 11.9 Å². The van der Waals surface area contributed by atoms with E-state index < -0.39 is 0 Å². The number of anilines is 1. The normalized spacial score (nSPS) is 12.7. The van der Waals surface area contributed by atoms with E-state index in [4.69, 9.17) is 4.74 Å². The molecular weight excluding hydrogens is 378 g/mol. The SMILES string of the molecule is CCOC(=O)c1c(NC(=O)CSCc2cc(C)cc(C)c2)sc2c1CCC2. The number of thiophene rings is 1. The number of hydrogen-bond acceptors (Lipinski definition) is 5. The fourth-order valence-electron chi connectivity index (χ4n) is 3.49. The van der Waals surface area contributed by atoms with Crippen LogP contribution in [0.3, 0.4) is 0 Å². The second-order valence-electron chi connectivity index (χ2n) is 6.82. The van der Waals surface area contributed by atoms with Crippen LogP contribution in [-0.2, 0) is 28.1 Å². The summed E-state index contributed by atoms with van der Waals surface area (Å²) in [5, 5.41) is 3.59. The van der Waals surface area contributed by atoms with Gasteiger partial charge in [-0.05, 0) is 51.2 Å². The molecule has 0 aliphatic heterocycles. The highest BCUT2D eigenvalue weighted by molar-refractivity contribution is 7.99. The Bertz CT molecular complexity index is 837. The average Bonchev–Trinajstić information content (AvgIpc) is 3.14. The molecule has 1 aromatic heterocycles. The van der Waals surface area contributed by atoms with Crippen LogP contribution in [-0.4, -0.2) is 24.2 Å². The molecule has 0 unspecified atom stereocenters. The Labute approximate surface area is 168 Å². The standard InChI is InChI=1S/C21H25NO3S2/c1-4-25-21(24)19-16-6-5-7-17(16)27-20(19)22-18(23)12-26-11-15-9-13(2)8-14(3)10-15/h8-10H,4-7,11-12H2,1-3H3,(H,22,23). The van der Waals surface area contributed by atoms with E-state index in [1.807, 2.05) is 0 Å². The van der Waals surface area contributed by atoms with E-state index in [0.29, 0.717) is 22.9 Å². The summed E-state index contributed by atoms with van der Waals surface area (Å²) in [6.45, 7) is 6.30. The molecule has 1 heterocycles. The molecule has 0 atom stereocenters. The fourth-order valence-corrected chi connectivity index (χ4v) is 5.54. The van der Waals surface area contributed by atoms with Crippen molar-refractivity contribution in [1.82, 2.24) is 0 Å². The number of esters is 1. The third kappa shape index (κ3) is 4.93. The number of carbonyl (C=O) groups is 2. The Morgan fingerprint density at radius 2 is 1.93 bits per heavy atom. The number of benzene rings is 1. The second-order valence-corrected chi connectivity index (χ2v) is 8.91. The molecule has 27 heavy (non-hydrogen) atoms. The number of hydrogen-bond donors (Lipinski definition) is 1. The molecule has 1 aliphatic carbocycles. The van der Waals surface area contributed by atoms with Crippen LogP contribution in [0.2, 0.25) is 0 Å². The number of fused-ring (bicyclic) bond motifs is 1. The highest BCUT2D eigenvalue weighted by Crippen LogP contribution is 2.39. The molecule has 2 aromatic rings. The quantitative estimate of drug-likeness (QED) is 0.668. The van der Waals surface area contributed by atoms with Gasteiger partial charge in [-0.3, -0.25) is 4.79 Å². The first-order valence-corrected chi connectivity index (χ1v) is 11.2. The predicted molar refractivity (Wildman–Crippen MR) is 113 cm³/mol. The highest BCUT2D eigenvalue weighted by atomic mass is 32.2. The van der Waals surface area contributed by atoms with E-state index in [2.05, 4.69) is 37.4 Å². The minimum absolute atomic E-state index is 0.0742. The summed E-state index contributed by atoms with van der Waals surface area (Å²) in [6.07, 6.45) is 2.93. The summed E-state index contributed by atoms with van der Waals surface area (Å²) in [6, 6.07) is 6.45. The third-order valence-electron chi connectivity index (χ3n) is 4.44. The van der Waals surface area contributed by atoms with Gasteiger partial charge in [-0.15, -0.1) is 23.1 Å². The van der Waals surface area contributed by atoms with Gasteiger partial charge < -0.3 is 10.1 Å². The Kier molecular flexibility index (Phi) is 6.60. The van der Waals surface area contributed by atoms with Gasteiger partial charge in [0.25, 0.3) is 0 Å². The van der Waals surface area contributed by atoms with Gasteiger partial charge in [0.1, 0.15) is 5.00 Å². The van der Waals surface area contributed by atoms with Crippen LogP contribution in [0.15, 0.2) is 18.2 Å². The van der Waals surface area contributed by atoms with Gasteiger partial charge in [0.2, 0.25) is 5.91 Å². The lowest BCUT2D eigenvalue weighted by Gasteiger charge is -2.08. The van der Waals surface area contributed by atoms with Crippen molar-refractivity contribution < 1.29 is 14.3 Å². The zero-order chi connectivity index (χ0) is 19.4. The average molecular weight is 404 g/mol. The van der Waals surface area contributed by atoms with Crippen LogP contribution in [0.4, 0.5) is 5.00 Å². The Morgan fingerprint density at radius 1 is 1.19 bits per heavy atom. The van der Waals surface area contributed by atoms with Gasteiger partial charge in [0.05, 0.1) is 17.9 Å². The zero-order valence-corrected chi connectivity index (χ0v) is 17.6. The lowest BCUT2D eigenvalue weighted by molar-refractivity contribution is -0.113. The van der Waals surface area contributed by atoms with Gasteiger partial charge in [-0.2, -0.15) is 0 Å². The Morgan fingerprint density at radius 3 is 2.63 bits per heavy atom. The maximum atomic E-state index is 12.4. The molecule has 0 spiro atoms. The fraction of sp³-hybridized carbons (Fsp3) is 0.429. The zero-order valence-electron chi connectivity index (χ0n) is 16.0. The molecule has 0 radical (unpaired) electrons. The number of rotatable bonds is 7. The molecule has 3 rings (SSSR count). The largest absolute Gasteiger partial charge is 0.462 e. The molecule has 144 valence electrons. The smallest absolute Gasteiger partial charge is 0.341 e. The molecule has 0 fully saturated rings. The molecule has 1 amide bonds. The summed E-state index contributed by atoms with van der Waals surface area (Å²) in [7, 11) is 0. The van der Waals surface area contributed by atoms with Gasteiger partial charge >= 0.3 is 5.97 Å². The summed E-state index contributed by atoms with van der Waals surface area (Å²) in [5.41, 5.74) is 5.34. The topological polar surface area (TPSA) is 55.4 Å². The number of thioether (sulfide) groups is 1. The van der Waals surface area contributed by atoms with Crippen LogP contribution < -0.4 is 5.32 Å². The summed E-state index contributed by atoms with van der Waals surface area (Å²) in [4.78, 5) is 26.0. The van der Waals surface area contributed by atoms with Crippen molar-refractivity contribution in [3.8, 4) is 0 Å². The summed E-state index contributed by atoms with van der Waals surface area (Å²) >= 11 is 3.11. The minimum Gasteiger partial charge on any atom is -0.462 e. The van der Waals surface area contributed by atoms with E-state index >= 15 is 0 Å². The maximum Gasteiger partial charge on any atom is 0.341 e. The van der Waals surface area contributed by atoms with Crippen molar-refractivity contribution in [2.45, 2.75) is 45.8 Å². The van der Waals surface area contributed by atoms with Crippen LogP contribution in [0.5, 0.6) is 0 Å². The van der Waals surface area contributed by atoms with Crippen molar-refractivity contribution in [1.29, 1.82) is 0 Å². The Balaban J connectivity index is 1.61. The van der Waals surface area contributed by atoms with E-state index in [1.54, 1.807) is 18.7 Å². The van der Waals surface area contributed by atoms with E-state index in [0.717, 1.165) is 30.6 Å². The minimum atomic E-state index is -0.324. The van der Waals surface area contributed by atoms with E-state index in [9.17, 15) is 9.59 Å². The first-order valence-electron chi connectivity index (χ1n) is 9.24. The van der Waals surface area contributed by atoms with Crippen molar-refractivity contribution in [3.05, 3.63) is 50.9 Å². The first-order chi connectivity index (χ1) is 13.0. The Hall–Kier alpha value is -1.79. The molecular formula is C21H25NO3S2.